The minimum Gasteiger partial charge on any atom is -0.478 e. The van der Waals surface area contributed by atoms with Gasteiger partial charge in [-0.05, 0) is 58.1 Å². The Morgan fingerprint density at radius 3 is 2.43 bits per heavy atom. The molecule has 0 spiro atoms. The van der Waals surface area contributed by atoms with E-state index < -0.39 is 5.97 Å². The molecule has 0 amide bonds. The first-order valence-electron chi connectivity index (χ1n) is 7.22. The summed E-state index contributed by atoms with van der Waals surface area (Å²) in [5.41, 5.74) is 1.48. The molecule has 4 nitrogen and oxygen atoms in total. The largest absolute Gasteiger partial charge is 0.478 e. The number of aromatic carboxylic acids is 1. The minimum absolute atomic E-state index is 0.232. The summed E-state index contributed by atoms with van der Waals surface area (Å²) >= 11 is 6.20. The van der Waals surface area contributed by atoms with Crippen molar-refractivity contribution in [2.24, 2.45) is 0 Å². The first kappa shape index (κ1) is 16.3. The Balaban J connectivity index is 2.03. The maximum absolute atomic E-state index is 10.9. The third-order valence-electron chi connectivity index (χ3n) is 4.54. The van der Waals surface area contributed by atoms with Crippen molar-refractivity contribution in [1.29, 1.82) is 0 Å². The van der Waals surface area contributed by atoms with E-state index in [4.69, 9.17) is 16.7 Å². The zero-order chi connectivity index (χ0) is 15.6. The molecule has 1 aliphatic carbocycles. The first-order chi connectivity index (χ1) is 9.84. The molecular weight excluding hydrogens is 288 g/mol. The molecule has 1 saturated carbocycles. The van der Waals surface area contributed by atoms with Crippen LogP contribution in [-0.4, -0.2) is 54.1 Å². The number of halogens is 1. The van der Waals surface area contributed by atoms with Gasteiger partial charge in [-0.1, -0.05) is 17.7 Å². The van der Waals surface area contributed by atoms with Crippen LogP contribution in [-0.2, 0) is 6.54 Å². The normalized spacial score (nSPS) is 17.0. The van der Waals surface area contributed by atoms with Gasteiger partial charge in [0.2, 0.25) is 0 Å². The fraction of sp³-hybridized carbons (Fsp3) is 0.562. The lowest BCUT2D eigenvalue weighted by Gasteiger charge is -2.49. The molecule has 0 unspecified atom stereocenters. The molecule has 0 heterocycles. The summed E-state index contributed by atoms with van der Waals surface area (Å²) in [4.78, 5) is 15.5. The van der Waals surface area contributed by atoms with Gasteiger partial charge < -0.3 is 14.9 Å². The lowest BCUT2D eigenvalue weighted by atomic mass is 9.75. The number of carbonyl (C=O) groups is 1. The van der Waals surface area contributed by atoms with E-state index in [-0.39, 0.29) is 11.1 Å². The summed E-state index contributed by atoms with van der Waals surface area (Å²) in [6.07, 6.45) is 3.76. The van der Waals surface area contributed by atoms with Crippen LogP contribution >= 0.6 is 11.6 Å². The first-order valence-corrected chi connectivity index (χ1v) is 7.59. The summed E-state index contributed by atoms with van der Waals surface area (Å²) in [6, 6.07) is 4.95. The van der Waals surface area contributed by atoms with Crippen LogP contribution < -0.4 is 0 Å². The van der Waals surface area contributed by atoms with Crippen molar-refractivity contribution in [2.45, 2.75) is 31.3 Å². The van der Waals surface area contributed by atoms with Crippen LogP contribution in [0.25, 0.3) is 0 Å². The van der Waals surface area contributed by atoms with E-state index in [0.29, 0.717) is 5.02 Å². The van der Waals surface area contributed by atoms with E-state index in [2.05, 4.69) is 30.9 Å². The molecule has 5 heteroatoms. The second-order valence-corrected chi connectivity index (χ2v) is 6.66. The van der Waals surface area contributed by atoms with E-state index >= 15 is 0 Å². The number of carboxylic acids is 1. The van der Waals surface area contributed by atoms with Crippen molar-refractivity contribution >= 4 is 17.6 Å². The maximum atomic E-state index is 10.9. The topological polar surface area (TPSA) is 43.8 Å². The van der Waals surface area contributed by atoms with Gasteiger partial charge in [-0.15, -0.1) is 0 Å². The zero-order valence-corrected chi connectivity index (χ0v) is 13.7. The molecular formula is C16H23ClN2O2. The molecule has 1 fully saturated rings. The fourth-order valence-corrected chi connectivity index (χ4v) is 3.23. The highest BCUT2D eigenvalue weighted by Gasteiger charge is 2.39. The monoisotopic (exact) mass is 310 g/mol. The second-order valence-electron chi connectivity index (χ2n) is 6.26. The van der Waals surface area contributed by atoms with Crippen molar-refractivity contribution < 1.29 is 9.90 Å². The molecule has 0 atom stereocenters. The van der Waals surface area contributed by atoms with Crippen molar-refractivity contribution in [3.05, 3.63) is 34.3 Å². The fourth-order valence-electron chi connectivity index (χ4n) is 2.99. The number of hydrogen-bond donors (Lipinski definition) is 1. The Labute approximate surface area is 131 Å². The zero-order valence-electron chi connectivity index (χ0n) is 12.9. The number of carboxylic acid groups (broad SMARTS) is 1. The van der Waals surface area contributed by atoms with Gasteiger partial charge in [-0.25, -0.2) is 4.79 Å². The van der Waals surface area contributed by atoms with Gasteiger partial charge in [0.25, 0.3) is 0 Å². The van der Waals surface area contributed by atoms with Gasteiger partial charge in [-0.3, -0.25) is 0 Å². The Bertz CT molecular complexity index is 527. The van der Waals surface area contributed by atoms with E-state index in [9.17, 15) is 4.79 Å². The molecule has 0 aliphatic heterocycles. The van der Waals surface area contributed by atoms with Gasteiger partial charge in [-0.2, -0.15) is 0 Å². The maximum Gasteiger partial charge on any atom is 0.335 e. The summed E-state index contributed by atoms with van der Waals surface area (Å²) in [5.74, 6) is -0.946. The van der Waals surface area contributed by atoms with Crippen molar-refractivity contribution in [3.8, 4) is 0 Å². The third-order valence-corrected chi connectivity index (χ3v) is 4.89. The van der Waals surface area contributed by atoms with Crippen LogP contribution in [0.3, 0.4) is 0 Å². The number of hydrogen-bond acceptors (Lipinski definition) is 3. The third kappa shape index (κ3) is 3.57. The highest BCUT2D eigenvalue weighted by Crippen LogP contribution is 2.37. The van der Waals surface area contributed by atoms with Crippen molar-refractivity contribution in [2.75, 3.05) is 27.7 Å². The van der Waals surface area contributed by atoms with Crippen LogP contribution in [0, 0.1) is 0 Å². The summed E-state index contributed by atoms with van der Waals surface area (Å²) < 4.78 is 0. The molecule has 116 valence electrons. The Morgan fingerprint density at radius 1 is 1.33 bits per heavy atom. The van der Waals surface area contributed by atoms with E-state index in [0.717, 1.165) is 18.7 Å². The number of nitrogens with zero attached hydrogens (tertiary/aromatic N) is 2. The second kappa shape index (κ2) is 6.34. The van der Waals surface area contributed by atoms with Gasteiger partial charge in [0.05, 0.1) is 5.56 Å². The molecule has 1 aliphatic rings. The molecule has 0 aromatic heterocycles. The lowest BCUT2D eigenvalue weighted by Crippen LogP contribution is -2.56. The number of likely N-dealkylation sites (N-methyl/N-ethyl adjacent to an activating group) is 2. The molecule has 2 rings (SSSR count). The van der Waals surface area contributed by atoms with E-state index in [1.807, 2.05) is 6.07 Å². The van der Waals surface area contributed by atoms with Crippen molar-refractivity contribution in [3.63, 3.8) is 0 Å². The van der Waals surface area contributed by atoms with E-state index in [1.165, 1.54) is 25.3 Å². The predicted molar refractivity (Wildman–Crippen MR) is 85.0 cm³/mol. The highest BCUT2D eigenvalue weighted by atomic mass is 35.5. The summed E-state index contributed by atoms with van der Waals surface area (Å²) in [5, 5.41) is 9.48. The number of rotatable bonds is 6. The van der Waals surface area contributed by atoms with Crippen LogP contribution in [0.1, 0.15) is 35.2 Å². The highest BCUT2D eigenvalue weighted by molar-refractivity contribution is 6.31. The number of benzene rings is 1. The summed E-state index contributed by atoms with van der Waals surface area (Å²) in [7, 11) is 6.37. The standard InChI is InChI=1S/C16H23ClN2O2/c1-18(2)16(7-4-8-16)11-19(3)10-13-6-5-12(15(20)21)9-14(13)17/h5-6,9H,4,7-8,10-11H2,1-3H3,(H,20,21). The van der Waals surface area contributed by atoms with Gasteiger partial charge >= 0.3 is 5.97 Å². The Morgan fingerprint density at radius 2 is 2.00 bits per heavy atom. The van der Waals surface area contributed by atoms with Crippen LogP contribution in [0.15, 0.2) is 18.2 Å². The quantitative estimate of drug-likeness (QED) is 0.877. The minimum atomic E-state index is -0.946. The Hall–Kier alpha value is -1.10. The molecule has 21 heavy (non-hydrogen) atoms. The van der Waals surface area contributed by atoms with Crippen molar-refractivity contribution in [1.82, 2.24) is 9.80 Å². The van der Waals surface area contributed by atoms with Crippen LogP contribution in [0.5, 0.6) is 0 Å². The lowest BCUT2D eigenvalue weighted by molar-refractivity contribution is 0.0259. The van der Waals surface area contributed by atoms with Gasteiger partial charge in [0, 0.05) is 23.7 Å². The predicted octanol–water partition coefficient (Wildman–Crippen LogP) is 2.95. The smallest absolute Gasteiger partial charge is 0.335 e. The molecule has 0 radical (unpaired) electrons. The van der Waals surface area contributed by atoms with Crippen LogP contribution in [0.4, 0.5) is 0 Å². The van der Waals surface area contributed by atoms with Crippen LogP contribution in [0.2, 0.25) is 5.02 Å². The molecule has 0 bridgehead atoms. The van der Waals surface area contributed by atoms with Gasteiger partial charge in [0.1, 0.15) is 0 Å². The Kier molecular flexibility index (Phi) is 4.91. The molecule has 1 aromatic rings. The van der Waals surface area contributed by atoms with E-state index in [1.54, 1.807) is 6.07 Å². The van der Waals surface area contributed by atoms with Gasteiger partial charge in [0.15, 0.2) is 0 Å². The SMILES string of the molecule is CN(Cc1ccc(C(=O)O)cc1Cl)CC1(N(C)C)CCC1. The average molecular weight is 311 g/mol. The molecule has 1 aromatic carbocycles. The molecule has 0 saturated heterocycles. The average Bonchev–Trinajstić information content (AvgIpc) is 2.35. The summed E-state index contributed by atoms with van der Waals surface area (Å²) in [6.45, 7) is 1.73. The molecule has 1 N–H and O–H groups in total.